The number of anilines is 3. The van der Waals surface area contributed by atoms with Gasteiger partial charge in [-0.1, -0.05) is 30.3 Å². The van der Waals surface area contributed by atoms with Crippen LogP contribution in [0.3, 0.4) is 0 Å². The quantitative estimate of drug-likeness (QED) is 0.511. The van der Waals surface area contributed by atoms with E-state index in [1.165, 1.54) is 5.56 Å². The van der Waals surface area contributed by atoms with Crippen LogP contribution in [0.25, 0.3) is 11.0 Å². The smallest absolute Gasteiger partial charge is 0.253 e. The fourth-order valence-electron chi connectivity index (χ4n) is 3.20. The summed E-state index contributed by atoms with van der Waals surface area (Å²) in [5, 5.41) is 6.67. The molecular weight excluding hydrogens is 376 g/mol. The summed E-state index contributed by atoms with van der Waals surface area (Å²) in [6.45, 7) is 0.703. The van der Waals surface area contributed by atoms with Crippen molar-refractivity contribution in [2.24, 2.45) is 7.05 Å². The van der Waals surface area contributed by atoms with Gasteiger partial charge in [0.2, 0.25) is 5.95 Å². The van der Waals surface area contributed by atoms with Crippen LogP contribution in [-0.2, 0) is 13.6 Å². The zero-order valence-corrected chi connectivity index (χ0v) is 17.3. The molecule has 2 aromatic carbocycles. The van der Waals surface area contributed by atoms with Gasteiger partial charge in [0.1, 0.15) is 11.3 Å². The SMILES string of the molecule is CN(C)C(=O)c1ccc(Nc2cc3c(cn2)nc(NCc2ccccc2)n3C)cc1. The van der Waals surface area contributed by atoms with Gasteiger partial charge in [-0.3, -0.25) is 4.79 Å². The van der Waals surface area contributed by atoms with Gasteiger partial charge in [-0.15, -0.1) is 0 Å². The Bertz CT molecular complexity index is 1170. The zero-order valence-electron chi connectivity index (χ0n) is 17.3. The molecule has 4 aromatic rings. The lowest BCUT2D eigenvalue weighted by atomic mass is 10.2. The maximum atomic E-state index is 12.0. The van der Waals surface area contributed by atoms with Crippen molar-refractivity contribution in [1.29, 1.82) is 0 Å². The number of carbonyl (C=O) groups is 1. The van der Waals surface area contributed by atoms with Crippen molar-refractivity contribution in [1.82, 2.24) is 19.4 Å². The molecular formula is C23H24N6O. The number of aromatic nitrogens is 3. The lowest BCUT2D eigenvalue weighted by Gasteiger charge is -2.11. The monoisotopic (exact) mass is 400 g/mol. The number of nitrogens with zero attached hydrogens (tertiary/aromatic N) is 4. The number of rotatable bonds is 6. The Morgan fingerprint density at radius 3 is 2.50 bits per heavy atom. The number of hydrogen-bond donors (Lipinski definition) is 2. The van der Waals surface area contributed by atoms with E-state index in [1.807, 2.05) is 48.0 Å². The first kappa shape index (κ1) is 19.4. The number of amides is 1. The molecule has 4 rings (SSSR count). The average Bonchev–Trinajstić information content (AvgIpc) is 3.08. The van der Waals surface area contributed by atoms with Crippen LogP contribution in [0.5, 0.6) is 0 Å². The number of fused-ring (bicyclic) bond motifs is 1. The Balaban J connectivity index is 1.50. The Kier molecular flexibility index (Phi) is 5.34. The highest BCUT2D eigenvalue weighted by atomic mass is 16.2. The molecule has 0 aliphatic carbocycles. The number of carbonyl (C=O) groups excluding carboxylic acids is 1. The van der Waals surface area contributed by atoms with E-state index in [-0.39, 0.29) is 5.91 Å². The summed E-state index contributed by atoms with van der Waals surface area (Å²) >= 11 is 0. The van der Waals surface area contributed by atoms with Gasteiger partial charge in [0.25, 0.3) is 5.91 Å². The summed E-state index contributed by atoms with van der Waals surface area (Å²) in [5.41, 5.74) is 4.51. The van der Waals surface area contributed by atoms with E-state index in [0.717, 1.165) is 22.7 Å². The van der Waals surface area contributed by atoms with Crippen LogP contribution in [0.2, 0.25) is 0 Å². The molecule has 7 heteroatoms. The lowest BCUT2D eigenvalue weighted by molar-refractivity contribution is 0.0827. The minimum absolute atomic E-state index is 0.0217. The van der Waals surface area contributed by atoms with Crippen molar-refractivity contribution in [3.8, 4) is 0 Å². The third-order valence-electron chi connectivity index (χ3n) is 4.87. The van der Waals surface area contributed by atoms with E-state index in [9.17, 15) is 4.79 Å². The summed E-state index contributed by atoms with van der Waals surface area (Å²) in [6.07, 6.45) is 1.76. The Hall–Kier alpha value is -3.87. The molecule has 7 nitrogen and oxygen atoms in total. The number of imidazole rings is 1. The Labute approximate surface area is 175 Å². The van der Waals surface area contributed by atoms with Gasteiger partial charge in [0.05, 0.1) is 11.7 Å². The van der Waals surface area contributed by atoms with Crippen LogP contribution in [0, 0.1) is 0 Å². The first-order chi connectivity index (χ1) is 14.5. The molecule has 30 heavy (non-hydrogen) atoms. The van der Waals surface area contributed by atoms with E-state index in [2.05, 4.69) is 32.7 Å². The first-order valence-electron chi connectivity index (χ1n) is 9.70. The van der Waals surface area contributed by atoms with Gasteiger partial charge < -0.3 is 20.1 Å². The third kappa shape index (κ3) is 4.10. The molecule has 0 atom stereocenters. The van der Waals surface area contributed by atoms with Crippen molar-refractivity contribution < 1.29 is 4.79 Å². The molecule has 0 spiro atoms. The predicted octanol–water partition coefficient (Wildman–Crippen LogP) is 4.03. The van der Waals surface area contributed by atoms with Gasteiger partial charge in [-0.2, -0.15) is 0 Å². The van der Waals surface area contributed by atoms with Gasteiger partial charge in [-0.25, -0.2) is 9.97 Å². The highest BCUT2D eigenvalue weighted by Crippen LogP contribution is 2.23. The van der Waals surface area contributed by atoms with Crippen molar-refractivity contribution in [2.45, 2.75) is 6.54 Å². The number of pyridine rings is 1. The second kappa shape index (κ2) is 8.24. The number of aryl methyl sites for hydroxylation is 1. The molecule has 0 aliphatic heterocycles. The summed E-state index contributed by atoms with van der Waals surface area (Å²) in [7, 11) is 5.46. The van der Waals surface area contributed by atoms with Crippen LogP contribution >= 0.6 is 0 Å². The normalized spacial score (nSPS) is 10.8. The molecule has 0 fully saturated rings. The molecule has 0 aliphatic rings. The molecule has 2 heterocycles. The van der Waals surface area contributed by atoms with Crippen LogP contribution in [0.4, 0.5) is 17.5 Å². The lowest BCUT2D eigenvalue weighted by Crippen LogP contribution is -2.21. The van der Waals surface area contributed by atoms with E-state index < -0.39 is 0 Å². The second-order valence-electron chi connectivity index (χ2n) is 7.29. The van der Waals surface area contributed by atoms with Crippen LogP contribution in [-0.4, -0.2) is 39.4 Å². The number of hydrogen-bond acceptors (Lipinski definition) is 5. The van der Waals surface area contributed by atoms with E-state index in [0.29, 0.717) is 17.9 Å². The molecule has 0 radical (unpaired) electrons. The molecule has 0 unspecified atom stereocenters. The molecule has 0 bridgehead atoms. The van der Waals surface area contributed by atoms with Crippen molar-refractivity contribution in [2.75, 3.05) is 24.7 Å². The van der Waals surface area contributed by atoms with Gasteiger partial charge >= 0.3 is 0 Å². The fourth-order valence-corrected chi connectivity index (χ4v) is 3.20. The molecule has 0 saturated heterocycles. The molecule has 0 saturated carbocycles. The predicted molar refractivity (Wildman–Crippen MR) is 120 cm³/mol. The standard InChI is InChI=1S/C23H24N6O/c1-28(2)22(30)17-9-11-18(12-10-17)26-21-13-20-19(15-24-21)27-23(29(20)3)25-14-16-7-5-4-6-8-16/h4-13,15H,14H2,1-3H3,(H,24,26)(H,25,27). The molecule has 2 aromatic heterocycles. The van der Waals surface area contributed by atoms with Gasteiger partial charge in [-0.05, 0) is 29.8 Å². The zero-order chi connectivity index (χ0) is 21.1. The number of benzene rings is 2. The van der Waals surface area contributed by atoms with Crippen molar-refractivity contribution in [3.05, 3.63) is 78.0 Å². The van der Waals surface area contributed by atoms with Gasteiger partial charge in [0.15, 0.2) is 0 Å². The minimum atomic E-state index is -0.0217. The molecule has 2 N–H and O–H groups in total. The highest BCUT2D eigenvalue weighted by molar-refractivity contribution is 5.94. The van der Waals surface area contributed by atoms with Crippen LogP contribution in [0.15, 0.2) is 66.9 Å². The summed E-state index contributed by atoms with van der Waals surface area (Å²) in [5.74, 6) is 1.48. The maximum absolute atomic E-state index is 12.0. The first-order valence-corrected chi connectivity index (χ1v) is 9.70. The van der Waals surface area contributed by atoms with E-state index in [1.54, 1.807) is 37.3 Å². The van der Waals surface area contributed by atoms with Crippen LogP contribution in [0.1, 0.15) is 15.9 Å². The van der Waals surface area contributed by atoms with Crippen molar-refractivity contribution in [3.63, 3.8) is 0 Å². The number of nitrogens with one attached hydrogen (secondary N) is 2. The summed E-state index contributed by atoms with van der Waals surface area (Å²) in [6, 6.07) is 19.5. The van der Waals surface area contributed by atoms with Crippen molar-refractivity contribution >= 4 is 34.4 Å². The van der Waals surface area contributed by atoms with Crippen LogP contribution < -0.4 is 10.6 Å². The maximum Gasteiger partial charge on any atom is 0.253 e. The third-order valence-corrected chi connectivity index (χ3v) is 4.87. The average molecular weight is 400 g/mol. The van der Waals surface area contributed by atoms with Gasteiger partial charge in [0, 0.05) is 45.0 Å². The summed E-state index contributed by atoms with van der Waals surface area (Å²) < 4.78 is 2.02. The highest BCUT2D eigenvalue weighted by Gasteiger charge is 2.10. The largest absolute Gasteiger partial charge is 0.352 e. The molecule has 1 amide bonds. The summed E-state index contributed by atoms with van der Waals surface area (Å²) in [4.78, 5) is 22.7. The Morgan fingerprint density at radius 2 is 1.80 bits per heavy atom. The fraction of sp³-hybridized carbons (Fsp3) is 0.174. The van der Waals surface area contributed by atoms with E-state index in [4.69, 9.17) is 0 Å². The topological polar surface area (TPSA) is 75.1 Å². The minimum Gasteiger partial charge on any atom is -0.352 e. The second-order valence-corrected chi connectivity index (χ2v) is 7.29. The Morgan fingerprint density at radius 1 is 1.07 bits per heavy atom. The molecule has 152 valence electrons. The van der Waals surface area contributed by atoms with E-state index >= 15 is 0 Å².